The Hall–Kier alpha value is -1.89. The van der Waals surface area contributed by atoms with Crippen molar-refractivity contribution in [1.29, 1.82) is 0 Å². The first kappa shape index (κ1) is 12.6. The fourth-order valence-electron chi connectivity index (χ4n) is 1.56. The predicted molar refractivity (Wildman–Crippen MR) is 68.5 cm³/mol. The Balaban J connectivity index is 2.71. The average Bonchev–Trinajstić information content (AvgIpc) is 2.35. The molecule has 0 fully saturated rings. The Morgan fingerprint density at radius 1 is 1.44 bits per heavy atom. The molecule has 1 heterocycles. The maximum absolute atomic E-state index is 12.1. The summed E-state index contributed by atoms with van der Waals surface area (Å²) >= 11 is 3.24. The van der Waals surface area contributed by atoms with E-state index in [0.29, 0.717) is 15.4 Å². The second-order valence-corrected chi connectivity index (χ2v) is 4.50. The zero-order valence-corrected chi connectivity index (χ0v) is 11.0. The quantitative estimate of drug-likeness (QED) is 0.824. The molecular formula is C11H9BrN2O4. The van der Waals surface area contributed by atoms with E-state index >= 15 is 0 Å². The van der Waals surface area contributed by atoms with Crippen LogP contribution in [0.25, 0.3) is 10.9 Å². The van der Waals surface area contributed by atoms with Crippen LogP contribution < -0.4 is 11.2 Å². The molecule has 2 rings (SSSR count). The molecule has 0 aliphatic carbocycles. The van der Waals surface area contributed by atoms with Crippen LogP contribution in [-0.2, 0) is 16.1 Å². The van der Waals surface area contributed by atoms with Gasteiger partial charge in [0, 0.05) is 4.47 Å². The van der Waals surface area contributed by atoms with Crippen molar-refractivity contribution in [3.05, 3.63) is 43.5 Å². The summed E-state index contributed by atoms with van der Waals surface area (Å²) in [6.07, 6.45) is 0. The first-order valence-corrected chi connectivity index (χ1v) is 5.81. The second kappa shape index (κ2) is 4.77. The van der Waals surface area contributed by atoms with Crippen LogP contribution in [0.15, 0.2) is 32.3 Å². The molecule has 0 aliphatic rings. The average molecular weight is 313 g/mol. The number of aromatic amines is 1. The summed E-state index contributed by atoms with van der Waals surface area (Å²) in [6.45, 7) is -0.410. The zero-order chi connectivity index (χ0) is 13.3. The van der Waals surface area contributed by atoms with Gasteiger partial charge in [-0.3, -0.25) is 9.59 Å². The van der Waals surface area contributed by atoms with E-state index in [4.69, 9.17) is 0 Å². The first-order valence-electron chi connectivity index (χ1n) is 5.02. The van der Waals surface area contributed by atoms with Crippen LogP contribution >= 0.6 is 15.9 Å². The number of nitrogens with one attached hydrogen (secondary N) is 1. The Kier molecular flexibility index (Phi) is 3.33. The summed E-state index contributed by atoms with van der Waals surface area (Å²) in [5.74, 6) is -0.656. The summed E-state index contributed by atoms with van der Waals surface area (Å²) in [5.41, 5.74) is -0.741. The van der Waals surface area contributed by atoms with E-state index in [-0.39, 0.29) is 0 Å². The molecule has 0 saturated heterocycles. The van der Waals surface area contributed by atoms with E-state index in [9.17, 15) is 14.4 Å². The molecule has 7 heteroatoms. The van der Waals surface area contributed by atoms with Gasteiger partial charge >= 0.3 is 11.7 Å². The highest BCUT2D eigenvalue weighted by Crippen LogP contribution is 2.14. The topological polar surface area (TPSA) is 81.2 Å². The summed E-state index contributed by atoms with van der Waals surface area (Å²) in [5, 5.41) is 0.327. The molecule has 2 aromatic rings. The second-order valence-electron chi connectivity index (χ2n) is 3.59. The summed E-state index contributed by atoms with van der Waals surface area (Å²) in [6, 6.07) is 4.91. The first-order chi connectivity index (χ1) is 8.52. The predicted octanol–water partition coefficient (Wildman–Crippen LogP) is 0.625. The molecule has 94 valence electrons. The standard InChI is InChI=1S/C11H9BrN2O4/c1-18-9(15)5-14-10(16)7-4-6(12)2-3-8(7)13-11(14)17/h2-4H,5H2,1H3,(H,13,17). The summed E-state index contributed by atoms with van der Waals surface area (Å²) < 4.78 is 5.96. The van der Waals surface area contributed by atoms with Crippen LogP contribution in [0.2, 0.25) is 0 Å². The lowest BCUT2D eigenvalue weighted by atomic mass is 10.2. The number of rotatable bonds is 2. The Morgan fingerprint density at radius 3 is 2.83 bits per heavy atom. The highest BCUT2D eigenvalue weighted by atomic mass is 79.9. The van der Waals surface area contributed by atoms with Crippen LogP contribution in [-0.4, -0.2) is 22.6 Å². The lowest BCUT2D eigenvalue weighted by Gasteiger charge is -2.05. The van der Waals surface area contributed by atoms with Gasteiger partial charge in [0.25, 0.3) is 5.56 Å². The molecule has 1 aromatic heterocycles. The highest BCUT2D eigenvalue weighted by molar-refractivity contribution is 9.10. The van der Waals surface area contributed by atoms with Crippen molar-refractivity contribution >= 4 is 32.8 Å². The number of hydrogen-bond donors (Lipinski definition) is 1. The molecule has 0 spiro atoms. The van der Waals surface area contributed by atoms with Crippen molar-refractivity contribution in [1.82, 2.24) is 9.55 Å². The summed E-state index contributed by atoms with van der Waals surface area (Å²) in [4.78, 5) is 37.4. The number of carbonyl (C=O) groups is 1. The van der Waals surface area contributed by atoms with Crippen molar-refractivity contribution in [3.8, 4) is 0 Å². The van der Waals surface area contributed by atoms with E-state index in [0.717, 1.165) is 4.57 Å². The molecule has 1 aromatic carbocycles. The molecule has 6 nitrogen and oxygen atoms in total. The van der Waals surface area contributed by atoms with E-state index < -0.39 is 23.8 Å². The molecule has 18 heavy (non-hydrogen) atoms. The minimum Gasteiger partial charge on any atom is -0.468 e. The number of halogens is 1. The zero-order valence-electron chi connectivity index (χ0n) is 9.40. The maximum Gasteiger partial charge on any atom is 0.329 e. The van der Waals surface area contributed by atoms with Gasteiger partial charge in [0.15, 0.2) is 0 Å². The van der Waals surface area contributed by atoms with Gasteiger partial charge in [-0.05, 0) is 18.2 Å². The number of benzene rings is 1. The van der Waals surface area contributed by atoms with Gasteiger partial charge in [0.2, 0.25) is 0 Å². The Bertz CT molecular complexity index is 732. The van der Waals surface area contributed by atoms with E-state index in [1.165, 1.54) is 7.11 Å². The number of carbonyl (C=O) groups excluding carboxylic acids is 1. The minimum atomic E-state index is -0.656. The van der Waals surface area contributed by atoms with Crippen molar-refractivity contribution < 1.29 is 9.53 Å². The number of fused-ring (bicyclic) bond motifs is 1. The van der Waals surface area contributed by atoms with E-state index in [1.54, 1.807) is 18.2 Å². The molecule has 0 bridgehead atoms. The molecule has 1 N–H and O–H groups in total. The van der Waals surface area contributed by atoms with Crippen LogP contribution in [0.5, 0.6) is 0 Å². The molecule has 0 radical (unpaired) electrons. The number of nitrogens with zero attached hydrogens (tertiary/aromatic N) is 1. The molecular weight excluding hydrogens is 304 g/mol. The van der Waals surface area contributed by atoms with Crippen molar-refractivity contribution in [2.45, 2.75) is 6.54 Å². The Labute approximate surface area is 109 Å². The van der Waals surface area contributed by atoms with Crippen LogP contribution in [0.1, 0.15) is 0 Å². The lowest BCUT2D eigenvalue weighted by Crippen LogP contribution is -2.37. The molecule has 0 atom stereocenters. The molecule has 0 unspecified atom stereocenters. The van der Waals surface area contributed by atoms with Gasteiger partial charge in [-0.2, -0.15) is 0 Å². The van der Waals surface area contributed by atoms with Gasteiger partial charge in [0.1, 0.15) is 6.54 Å². The molecule has 0 amide bonds. The third-order valence-corrected chi connectivity index (χ3v) is 2.95. The van der Waals surface area contributed by atoms with Gasteiger partial charge in [0.05, 0.1) is 18.0 Å². The smallest absolute Gasteiger partial charge is 0.329 e. The van der Waals surface area contributed by atoms with Gasteiger partial charge in [-0.15, -0.1) is 0 Å². The number of hydrogen-bond acceptors (Lipinski definition) is 4. The van der Waals surface area contributed by atoms with Crippen molar-refractivity contribution in [2.24, 2.45) is 0 Å². The van der Waals surface area contributed by atoms with E-state index in [1.807, 2.05) is 0 Å². The Morgan fingerprint density at radius 2 is 2.17 bits per heavy atom. The number of methoxy groups -OCH3 is 1. The third-order valence-electron chi connectivity index (χ3n) is 2.46. The van der Waals surface area contributed by atoms with Gasteiger partial charge in [-0.1, -0.05) is 15.9 Å². The van der Waals surface area contributed by atoms with Crippen molar-refractivity contribution in [3.63, 3.8) is 0 Å². The highest BCUT2D eigenvalue weighted by Gasteiger charge is 2.11. The fourth-order valence-corrected chi connectivity index (χ4v) is 1.92. The molecule has 0 aliphatic heterocycles. The van der Waals surface area contributed by atoms with Crippen LogP contribution in [0, 0.1) is 0 Å². The van der Waals surface area contributed by atoms with Gasteiger partial charge in [-0.25, -0.2) is 9.36 Å². The lowest BCUT2D eigenvalue weighted by molar-refractivity contribution is -0.141. The SMILES string of the molecule is COC(=O)Cn1c(=O)[nH]c2ccc(Br)cc2c1=O. The van der Waals surface area contributed by atoms with E-state index in [2.05, 4.69) is 25.7 Å². The van der Waals surface area contributed by atoms with Crippen LogP contribution in [0.3, 0.4) is 0 Å². The normalized spacial score (nSPS) is 10.6. The minimum absolute atomic E-state index is 0.327. The number of aromatic nitrogens is 2. The van der Waals surface area contributed by atoms with Crippen molar-refractivity contribution in [2.75, 3.05) is 7.11 Å². The maximum atomic E-state index is 12.1. The largest absolute Gasteiger partial charge is 0.468 e. The van der Waals surface area contributed by atoms with Gasteiger partial charge < -0.3 is 9.72 Å². The summed E-state index contributed by atoms with van der Waals surface area (Å²) in [7, 11) is 1.19. The molecule has 0 saturated carbocycles. The number of ether oxygens (including phenoxy) is 1. The third kappa shape index (κ3) is 2.21. The fraction of sp³-hybridized carbons (Fsp3) is 0.182. The number of esters is 1. The number of H-pyrrole nitrogens is 1. The monoisotopic (exact) mass is 312 g/mol. The van der Waals surface area contributed by atoms with Crippen LogP contribution in [0.4, 0.5) is 0 Å².